The molecule has 0 amide bonds. The number of hydrogen-bond donors (Lipinski definition) is 1. The van der Waals surface area contributed by atoms with Crippen molar-refractivity contribution < 1.29 is 9.84 Å². The topological polar surface area (TPSA) is 29.5 Å². The fourth-order valence-electron chi connectivity index (χ4n) is 2.69. The average molecular weight is 228 g/mol. The van der Waals surface area contributed by atoms with Crippen LogP contribution in [0, 0.1) is 5.41 Å². The number of aliphatic hydroxyl groups is 1. The Labute approximate surface area is 100 Å². The third-order valence-corrected chi connectivity index (χ3v) is 4.17. The quantitative estimate of drug-likeness (QED) is 0.644. The summed E-state index contributed by atoms with van der Waals surface area (Å²) in [5.74, 6) is 0. The van der Waals surface area contributed by atoms with Gasteiger partial charge in [0, 0.05) is 12.0 Å². The molecule has 2 nitrogen and oxygen atoms in total. The third kappa shape index (κ3) is 3.74. The van der Waals surface area contributed by atoms with Gasteiger partial charge in [0.15, 0.2) is 0 Å². The Balaban J connectivity index is 2.14. The van der Waals surface area contributed by atoms with E-state index < -0.39 is 0 Å². The molecule has 2 atom stereocenters. The van der Waals surface area contributed by atoms with Gasteiger partial charge in [-0.2, -0.15) is 0 Å². The van der Waals surface area contributed by atoms with Gasteiger partial charge < -0.3 is 9.84 Å². The number of aliphatic hydroxyl groups excluding tert-OH is 1. The van der Waals surface area contributed by atoms with Crippen molar-refractivity contribution in [3.8, 4) is 0 Å². The van der Waals surface area contributed by atoms with Crippen LogP contribution in [-0.2, 0) is 4.74 Å². The monoisotopic (exact) mass is 228 g/mol. The third-order valence-electron chi connectivity index (χ3n) is 4.17. The van der Waals surface area contributed by atoms with Crippen LogP contribution in [0.4, 0.5) is 0 Å². The Morgan fingerprint density at radius 1 is 1.19 bits per heavy atom. The van der Waals surface area contributed by atoms with Crippen molar-refractivity contribution in [2.24, 2.45) is 5.41 Å². The first-order valence-electron chi connectivity index (χ1n) is 6.97. The van der Waals surface area contributed by atoms with Crippen LogP contribution >= 0.6 is 0 Å². The highest BCUT2D eigenvalue weighted by Gasteiger charge is 2.40. The largest absolute Gasteiger partial charge is 0.396 e. The molecule has 96 valence electrons. The lowest BCUT2D eigenvalue weighted by Gasteiger charge is -2.30. The van der Waals surface area contributed by atoms with Crippen molar-refractivity contribution >= 4 is 0 Å². The lowest BCUT2D eigenvalue weighted by molar-refractivity contribution is 0.0202. The average Bonchev–Trinajstić information content (AvgIpc) is 2.66. The van der Waals surface area contributed by atoms with Gasteiger partial charge in [-0.05, 0) is 19.8 Å². The number of ether oxygens (including phenoxy) is 1. The highest BCUT2D eigenvalue weighted by molar-refractivity contribution is 4.88. The van der Waals surface area contributed by atoms with E-state index in [0.717, 1.165) is 19.4 Å². The summed E-state index contributed by atoms with van der Waals surface area (Å²) in [6.07, 6.45) is 10.4. The summed E-state index contributed by atoms with van der Waals surface area (Å²) in [7, 11) is 0. The van der Waals surface area contributed by atoms with Crippen LogP contribution in [0.25, 0.3) is 0 Å². The molecule has 0 aromatic rings. The number of unbranched alkanes of at least 4 members (excludes halogenated alkanes) is 5. The second-order valence-electron chi connectivity index (χ2n) is 5.30. The van der Waals surface area contributed by atoms with Crippen LogP contribution in [0.3, 0.4) is 0 Å². The highest BCUT2D eigenvalue weighted by atomic mass is 16.5. The first-order chi connectivity index (χ1) is 7.75. The molecule has 0 aliphatic carbocycles. The molecule has 1 rings (SSSR count). The minimum Gasteiger partial charge on any atom is -0.396 e. The van der Waals surface area contributed by atoms with Gasteiger partial charge in [-0.3, -0.25) is 0 Å². The van der Waals surface area contributed by atoms with Crippen molar-refractivity contribution in [1.82, 2.24) is 0 Å². The van der Waals surface area contributed by atoms with E-state index in [0.29, 0.717) is 6.61 Å². The standard InChI is InChI=1S/C14H28O2/c1-3-4-5-6-7-8-9-14(12-15)10-11-16-13(14)2/h13,15H,3-12H2,1-2H3. The summed E-state index contributed by atoms with van der Waals surface area (Å²) >= 11 is 0. The van der Waals surface area contributed by atoms with Crippen LogP contribution in [0.5, 0.6) is 0 Å². The molecule has 0 aromatic carbocycles. The van der Waals surface area contributed by atoms with Gasteiger partial charge in [0.05, 0.1) is 12.7 Å². The molecule has 0 bridgehead atoms. The van der Waals surface area contributed by atoms with Gasteiger partial charge in [-0.1, -0.05) is 45.4 Å². The first kappa shape index (κ1) is 14.0. The molecule has 1 heterocycles. The molecule has 0 radical (unpaired) electrons. The van der Waals surface area contributed by atoms with Gasteiger partial charge in [0.2, 0.25) is 0 Å². The molecule has 16 heavy (non-hydrogen) atoms. The van der Waals surface area contributed by atoms with Crippen molar-refractivity contribution in [1.29, 1.82) is 0 Å². The molecule has 1 aliphatic rings. The Kier molecular flexibility index (Phi) is 6.37. The fourth-order valence-corrected chi connectivity index (χ4v) is 2.69. The molecule has 2 unspecified atom stereocenters. The van der Waals surface area contributed by atoms with E-state index in [9.17, 15) is 5.11 Å². The molecular formula is C14H28O2. The van der Waals surface area contributed by atoms with Crippen LogP contribution < -0.4 is 0 Å². The Morgan fingerprint density at radius 2 is 1.88 bits per heavy atom. The van der Waals surface area contributed by atoms with Crippen molar-refractivity contribution in [2.75, 3.05) is 13.2 Å². The first-order valence-corrected chi connectivity index (χ1v) is 6.97. The van der Waals surface area contributed by atoms with E-state index in [2.05, 4.69) is 13.8 Å². The minimum atomic E-state index is 0.0742. The highest BCUT2D eigenvalue weighted by Crippen LogP contribution is 2.39. The van der Waals surface area contributed by atoms with Gasteiger partial charge >= 0.3 is 0 Å². The van der Waals surface area contributed by atoms with E-state index >= 15 is 0 Å². The second kappa shape index (κ2) is 7.29. The molecule has 1 saturated heterocycles. The smallest absolute Gasteiger partial charge is 0.0625 e. The normalized spacial score (nSPS) is 29.8. The van der Waals surface area contributed by atoms with Gasteiger partial charge in [-0.25, -0.2) is 0 Å². The van der Waals surface area contributed by atoms with Crippen LogP contribution in [0.15, 0.2) is 0 Å². The van der Waals surface area contributed by atoms with Crippen LogP contribution in [-0.4, -0.2) is 24.4 Å². The Morgan fingerprint density at radius 3 is 2.44 bits per heavy atom. The maximum Gasteiger partial charge on any atom is 0.0625 e. The van der Waals surface area contributed by atoms with E-state index in [-0.39, 0.29) is 11.5 Å². The van der Waals surface area contributed by atoms with Crippen molar-refractivity contribution in [3.63, 3.8) is 0 Å². The van der Waals surface area contributed by atoms with E-state index in [1.54, 1.807) is 0 Å². The van der Waals surface area contributed by atoms with Crippen LogP contribution in [0.1, 0.15) is 65.2 Å². The van der Waals surface area contributed by atoms with Gasteiger partial charge in [0.1, 0.15) is 0 Å². The molecular weight excluding hydrogens is 200 g/mol. The van der Waals surface area contributed by atoms with E-state index in [1.807, 2.05) is 0 Å². The molecule has 1 fully saturated rings. The predicted octanol–water partition coefficient (Wildman–Crippen LogP) is 3.52. The number of rotatable bonds is 8. The fraction of sp³-hybridized carbons (Fsp3) is 1.00. The zero-order valence-corrected chi connectivity index (χ0v) is 11.0. The summed E-state index contributed by atoms with van der Waals surface area (Å²) in [6.45, 7) is 5.49. The minimum absolute atomic E-state index is 0.0742. The Hall–Kier alpha value is -0.0800. The summed E-state index contributed by atoms with van der Waals surface area (Å²) in [4.78, 5) is 0. The molecule has 1 aliphatic heterocycles. The van der Waals surface area contributed by atoms with Gasteiger partial charge in [0.25, 0.3) is 0 Å². The van der Waals surface area contributed by atoms with Crippen LogP contribution in [0.2, 0.25) is 0 Å². The lowest BCUT2D eigenvalue weighted by atomic mass is 9.78. The second-order valence-corrected chi connectivity index (χ2v) is 5.30. The zero-order valence-electron chi connectivity index (χ0n) is 11.0. The summed E-state index contributed by atoms with van der Waals surface area (Å²) < 4.78 is 5.60. The molecule has 0 saturated carbocycles. The van der Waals surface area contributed by atoms with Crippen molar-refractivity contribution in [2.45, 2.75) is 71.3 Å². The van der Waals surface area contributed by atoms with E-state index in [4.69, 9.17) is 4.74 Å². The van der Waals surface area contributed by atoms with Gasteiger partial charge in [-0.15, -0.1) is 0 Å². The summed E-state index contributed by atoms with van der Waals surface area (Å²) in [5, 5.41) is 9.55. The van der Waals surface area contributed by atoms with Crippen molar-refractivity contribution in [3.05, 3.63) is 0 Å². The predicted molar refractivity (Wildman–Crippen MR) is 67.5 cm³/mol. The number of hydrogen-bond acceptors (Lipinski definition) is 2. The molecule has 0 aromatic heterocycles. The molecule has 2 heteroatoms. The maximum absolute atomic E-state index is 9.55. The summed E-state index contributed by atoms with van der Waals surface area (Å²) in [6, 6.07) is 0. The van der Waals surface area contributed by atoms with E-state index in [1.165, 1.54) is 38.5 Å². The SMILES string of the molecule is CCCCCCCCC1(CO)CCOC1C. The Bertz CT molecular complexity index is 182. The maximum atomic E-state index is 9.55. The summed E-state index contributed by atoms with van der Waals surface area (Å²) in [5.41, 5.74) is 0.0742. The zero-order chi connectivity index (χ0) is 11.9. The lowest BCUT2D eigenvalue weighted by Crippen LogP contribution is -2.32. The molecule has 1 N–H and O–H groups in total. The molecule has 0 spiro atoms.